The van der Waals surface area contributed by atoms with E-state index in [9.17, 15) is 4.79 Å². The molecule has 1 heterocycles. The molecule has 1 aromatic carbocycles. The average Bonchev–Trinajstić information content (AvgIpc) is 2.59. The van der Waals surface area contributed by atoms with Gasteiger partial charge in [0.15, 0.2) is 6.04 Å². The number of carbonyl (C=O) groups is 1. The van der Waals surface area contributed by atoms with Gasteiger partial charge in [-0.15, -0.1) is 0 Å². The maximum absolute atomic E-state index is 12.1. The highest BCUT2D eigenvalue weighted by molar-refractivity contribution is 5.74. The average molecular weight is 318 g/mol. The molecule has 0 saturated carbocycles. The molecule has 1 aromatic rings. The van der Waals surface area contributed by atoms with Crippen LogP contribution in [0.3, 0.4) is 0 Å². The molecule has 1 aliphatic heterocycles. The molecule has 0 bridgehead atoms. The molecule has 23 heavy (non-hydrogen) atoms. The quantitative estimate of drug-likeness (QED) is 0.846. The number of carbonyl (C=O) groups excluding carboxylic acids is 1. The Labute approximate surface area is 140 Å². The van der Waals surface area contributed by atoms with E-state index in [2.05, 4.69) is 49.9 Å². The molecule has 0 aromatic heterocycles. The van der Waals surface area contributed by atoms with E-state index < -0.39 is 0 Å². The highest BCUT2D eigenvalue weighted by atomic mass is 16.5. The standard InChI is InChI=1S/C20H31NO2/c1-3-4-12-18-15(2)23-20(22)19(21)13-8-11-17(18)14-16-9-6-5-7-10-16/h5-7,9-10,15,17-19H,3-4,8,11-14,21H2,1-2H3/p+1/t15-,17+,18-,19-/m0/s1. The lowest BCUT2D eigenvalue weighted by atomic mass is 9.78. The van der Waals surface area contributed by atoms with Crippen molar-refractivity contribution in [1.82, 2.24) is 0 Å². The third-order valence-electron chi connectivity index (χ3n) is 5.20. The summed E-state index contributed by atoms with van der Waals surface area (Å²) >= 11 is 0. The van der Waals surface area contributed by atoms with Crippen LogP contribution in [0.5, 0.6) is 0 Å². The Morgan fingerprint density at radius 3 is 2.65 bits per heavy atom. The number of esters is 1. The molecule has 0 unspecified atom stereocenters. The van der Waals surface area contributed by atoms with Crippen LogP contribution in [0.1, 0.15) is 57.9 Å². The van der Waals surface area contributed by atoms with Crippen molar-refractivity contribution in [2.45, 2.75) is 70.9 Å². The molecular formula is C20H32NO2+. The highest BCUT2D eigenvalue weighted by Crippen LogP contribution is 2.32. The fourth-order valence-electron chi connectivity index (χ4n) is 3.79. The Morgan fingerprint density at radius 1 is 1.22 bits per heavy atom. The third-order valence-corrected chi connectivity index (χ3v) is 5.20. The van der Waals surface area contributed by atoms with Crippen LogP contribution in [0.2, 0.25) is 0 Å². The molecule has 4 atom stereocenters. The molecule has 1 aliphatic rings. The van der Waals surface area contributed by atoms with Gasteiger partial charge in [0.25, 0.3) is 0 Å². The van der Waals surface area contributed by atoms with Gasteiger partial charge < -0.3 is 10.5 Å². The van der Waals surface area contributed by atoms with Crippen LogP contribution >= 0.6 is 0 Å². The van der Waals surface area contributed by atoms with E-state index in [1.807, 2.05) is 0 Å². The lowest BCUT2D eigenvalue weighted by Crippen LogP contribution is -2.65. The first-order chi connectivity index (χ1) is 11.1. The van der Waals surface area contributed by atoms with E-state index >= 15 is 0 Å². The first kappa shape index (κ1) is 18.0. The summed E-state index contributed by atoms with van der Waals surface area (Å²) in [4.78, 5) is 12.1. The lowest BCUT2D eigenvalue weighted by Gasteiger charge is -2.31. The van der Waals surface area contributed by atoms with E-state index in [1.54, 1.807) is 0 Å². The summed E-state index contributed by atoms with van der Waals surface area (Å²) in [6.45, 7) is 4.30. The molecule has 0 amide bonds. The van der Waals surface area contributed by atoms with Gasteiger partial charge in [0.05, 0.1) is 0 Å². The predicted molar refractivity (Wildman–Crippen MR) is 92.7 cm³/mol. The zero-order valence-corrected chi connectivity index (χ0v) is 14.7. The number of benzene rings is 1. The van der Waals surface area contributed by atoms with Crippen molar-refractivity contribution in [3.05, 3.63) is 35.9 Å². The second-order valence-electron chi connectivity index (χ2n) is 7.03. The van der Waals surface area contributed by atoms with Gasteiger partial charge in [-0.25, -0.2) is 4.79 Å². The molecule has 1 fully saturated rings. The Morgan fingerprint density at radius 2 is 1.96 bits per heavy atom. The number of hydrogen-bond acceptors (Lipinski definition) is 2. The van der Waals surface area contributed by atoms with Crippen LogP contribution in [0.4, 0.5) is 0 Å². The van der Waals surface area contributed by atoms with Gasteiger partial charge in [-0.05, 0) is 50.0 Å². The molecule has 0 spiro atoms. The molecule has 2 rings (SSSR count). The second-order valence-corrected chi connectivity index (χ2v) is 7.03. The summed E-state index contributed by atoms with van der Waals surface area (Å²) in [6.07, 6.45) is 7.68. The molecule has 0 aliphatic carbocycles. The molecule has 0 radical (unpaired) electrons. The number of quaternary nitrogens is 1. The fraction of sp³-hybridized carbons (Fsp3) is 0.650. The normalized spacial score (nSPS) is 29.3. The Balaban J connectivity index is 2.16. The Kier molecular flexibility index (Phi) is 7.10. The van der Waals surface area contributed by atoms with Crippen molar-refractivity contribution in [3.8, 4) is 0 Å². The monoisotopic (exact) mass is 318 g/mol. The minimum atomic E-state index is -0.209. The van der Waals surface area contributed by atoms with Gasteiger partial charge >= 0.3 is 5.97 Å². The van der Waals surface area contributed by atoms with E-state index in [-0.39, 0.29) is 18.1 Å². The lowest BCUT2D eigenvalue weighted by molar-refractivity contribution is -0.410. The maximum atomic E-state index is 12.1. The fourth-order valence-corrected chi connectivity index (χ4v) is 3.79. The zero-order chi connectivity index (χ0) is 16.7. The number of unbranched alkanes of at least 4 members (excludes halogenated alkanes) is 1. The van der Waals surface area contributed by atoms with Crippen molar-refractivity contribution < 1.29 is 15.3 Å². The molecule has 3 heteroatoms. The summed E-state index contributed by atoms with van der Waals surface area (Å²) in [7, 11) is 0. The molecule has 3 nitrogen and oxygen atoms in total. The molecular weight excluding hydrogens is 286 g/mol. The van der Waals surface area contributed by atoms with Crippen LogP contribution < -0.4 is 5.73 Å². The van der Waals surface area contributed by atoms with Gasteiger partial charge in [-0.2, -0.15) is 0 Å². The van der Waals surface area contributed by atoms with E-state index in [0.717, 1.165) is 32.1 Å². The smallest absolute Gasteiger partial charge is 0.365 e. The van der Waals surface area contributed by atoms with Gasteiger partial charge in [-0.3, -0.25) is 0 Å². The summed E-state index contributed by atoms with van der Waals surface area (Å²) in [6, 6.07) is 10.5. The van der Waals surface area contributed by atoms with Crippen LogP contribution in [0.15, 0.2) is 30.3 Å². The SMILES string of the molecule is CCCC[C@@H]1[C@@H](Cc2ccccc2)CCC[C@H]([NH3+])C(=O)O[C@H]1C. The molecule has 3 N–H and O–H groups in total. The van der Waals surface area contributed by atoms with Crippen molar-refractivity contribution in [2.75, 3.05) is 0 Å². The topological polar surface area (TPSA) is 53.9 Å². The Hall–Kier alpha value is -1.35. The minimum Gasteiger partial charge on any atom is -0.458 e. The Bertz CT molecular complexity index is 474. The summed E-state index contributed by atoms with van der Waals surface area (Å²) in [5.74, 6) is 0.917. The highest BCUT2D eigenvalue weighted by Gasteiger charge is 2.33. The molecule has 128 valence electrons. The number of cyclic esters (lactones) is 1. The summed E-state index contributed by atoms with van der Waals surface area (Å²) in [5.41, 5.74) is 5.37. The van der Waals surface area contributed by atoms with Crippen molar-refractivity contribution >= 4 is 5.97 Å². The van der Waals surface area contributed by atoms with E-state index in [4.69, 9.17) is 4.74 Å². The molecule has 1 saturated heterocycles. The van der Waals surface area contributed by atoms with Crippen molar-refractivity contribution in [3.63, 3.8) is 0 Å². The van der Waals surface area contributed by atoms with Gasteiger partial charge in [0.2, 0.25) is 0 Å². The van der Waals surface area contributed by atoms with Crippen LogP contribution in [-0.4, -0.2) is 18.1 Å². The van der Waals surface area contributed by atoms with Crippen molar-refractivity contribution in [2.24, 2.45) is 11.8 Å². The number of ether oxygens (including phenoxy) is 1. The van der Waals surface area contributed by atoms with Crippen LogP contribution in [-0.2, 0) is 16.0 Å². The van der Waals surface area contributed by atoms with Crippen LogP contribution in [0.25, 0.3) is 0 Å². The van der Waals surface area contributed by atoms with E-state index in [1.165, 1.54) is 18.4 Å². The largest absolute Gasteiger partial charge is 0.458 e. The van der Waals surface area contributed by atoms with Crippen LogP contribution in [0, 0.1) is 11.8 Å². The maximum Gasteiger partial charge on any atom is 0.365 e. The van der Waals surface area contributed by atoms with E-state index in [0.29, 0.717) is 11.8 Å². The third kappa shape index (κ3) is 5.35. The number of rotatable bonds is 5. The minimum absolute atomic E-state index is 0.00916. The second kappa shape index (κ2) is 9.07. The van der Waals surface area contributed by atoms with Gasteiger partial charge in [-0.1, -0.05) is 50.1 Å². The number of hydrogen-bond donors (Lipinski definition) is 1. The van der Waals surface area contributed by atoms with Gasteiger partial charge in [0, 0.05) is 6.42 Å². The zero-order valence-electron chi connectivity index (χ0n) is 14.7. The first-order valence-corrected chi connectivity index (χ1v) is 9.19. The first-order valence-electron chi connectivity index (χ1n) is 9.19. The summed E-state index contributed by atoms with van der Waals surface area (Å²) in [5, 5.41) is 0. The summed E-state index contributed by atoms with van der Waals surface area (Å²) < 4.78 is 5.76. The van der Waals surface area contributed by atoms with Gasteiger partial charge in [0.1, 0.15) is 6.10 Å². The predicted octanol–water partition coefficient (Wildman–Crippen LogP) is 3.38. The van der Waals surface area contributed by atoms with Crippen molar-refractivity contribution in [1.29, 1.82) is 0 Å².